The van der Waals surface area contributed by atoms with Crippen LogP contribution in [0.1, 0.15) is 25.7 Å². The first-order chi connectivity index (χ1) is 7.13. The maximum atomic E-state index is 11.6. The summed E-state index contributed by atoms with van der Waals surface area (Å²) >= 11 is 0. The minimum atomic E-state index is -0.472. The Morgan fingerprint density at radius 3 is 2.80 bits per heavy atom. The summed E-state index contributed by atoms with van der Waals surface area (Å²) in [6.45, 7) is 0. The summed E-state index contributed by atoms with van der Waals surface area (Å²) in [5, 5.41) is 0. The standard InChI is InChI=1S/C10H13NO4/c1-15-10(14)8-3-2-6-4-7(12)5-9(13)11(6)8/h6,8H,2-5H2,1H3/t6-,8+/m1/s1. The molecule has 0 aromatic heterocycles. The second-order valence-corrected chi connectivity index (χ2v) is 3.99. The van der Waals surface area contributed by atoms with E-state index in [0.29, 0.717) is 12.8 Å². The van der Waals surface area contributed by atoms with Gasteiger partial charge in [0.1, 0.15) is 11.8 Å². The maximum Gasteiger partial charge on any atom is 0.328 e. The number of hydrogen-bond acceptors (Lipinski definition) is 4. The molecule has 2 fully saturated rings. The van der Waals surface area contributed by atoms with Crippen LogP contribution in [0.4, 0.5) is 0 Å². The molecule has 2 aliphatic heterocycles. The molecule has 0 aromatic rings. The molecular formula is C10H13NO4. The lowest BCUT2D eigenvalue weighted by Gasteiger charge is -2.31. The highest BCUT2D eigenvalue weighted by Gasteiger charge is 2.45. The summed E-state index contributed by atoms with van der Waals surface area (Å²) in [5.41, 5.74) is 0. The van der Waals surface area contributed by atoms with Crippen molar-refractivity contribution in [3.63, 3.8) is 0 Å². The van der Waals surface area contributed by atoms with Crippen molar-refractivity contribution in [2.24, 2.45) is 0 Å². The van der Waals surface area contributed by atoms with Crippen LogP contribution in [0.15, 0.2) is 0 Å². The van der Waals surface area contributed by atoms with E-state index in [1.807, 2.05) is 0 Å². The number of piperidine rings is 1. The first-order valence-corrected chi connectivity index (χ1v) is 5.04. The molecule has 0 N–H and O–H groups in total. The van der Waals surface area contributed by atoms with E-state index in [-0.39, 0.29) is 30.1 Å². The number of esters is 1. The van der Waals surface area contributed by atoms with E-state index < -0.39 is 6.04 Å². The van der Waals surface area contributed by atoms with Crippen molar-refractivity contribution in [1.29, 1.82) is 0 Å². The van der Waals surface area contributed by atoms with Gasteiger partial charge < -0.3 is 9.64 Å². The van der Waals surface area contributed by atoms with Gasteiger partial charge in [0.2, 0.25) is 5.91 Å². The van der Waals surface area contributed by atoms with Gasteiger partial charge in [0.05, 0.1) is 13.5 Å². The molecule has 0 aromatic carbocycles. The number of hydrogen-bond donors (Lipinski definition) is 0. The number of carbonyl (C=O) groups is 3. The minimum absolute atomic E-state index is 0.0215. The monoisotopic (exact) mass is 211 g/mol. The molecule has 2 aliphatic rings. The second kappa shape index (κ2) is 3.64. The lowest BCUT2D eigenvalue weighted by molar-refractivity contribution is -0.155. The van der Waals surface area contributed by atoms with Gasteiger partial charge in [-0.05, 0) is 12.8 Å². The Morgan fingerprint density at radius 2 is 2.13 bits per heavy atom. The minimum Gasteiger partial charge on any atom is -0.467 e. The zero-order valence-corrected chi connectivity index (χ0v) is 8.56. The zero-order chi connectivity index (χ0) is 11.0. The van der Waals surface area contributed by atoms with Crippen LogP contribution in [0.25, 0.3) is 0 Å². The third-order valence-electron chi connectivity index (χ3n) is 3.08. The molecule has 2 rings (SSSR count). The van der Waals surface area contributed by atoms with Crippen molar-refractivity contribution in [3.8, 4) is 0 Å². The molecule has 0 aliphatic carbocycles. The van der Waals surface area contributed by atoms with Gasteiger partial charge in [-0.3, -0.25) is 9.59 Å². The molecule has 82 valence electrons. The molecule has 0 bridgehead atoms. The number of Topliss-reactive ketones (excluding diaryl/α,β-unsaturated/α-hetero) is 1. The Morgan fingerprint density at radius 1 is 1.40 bits per heavy atom. The van der Waals surface area contributed by atoms with Crippen LogP contribution >= 0.6 is 0 Å². The van der Waals surface area contributed by atoms with E-state index in [4.69, 9.17) is 0 Å². The fraction of sp³-hybridized carbons (Fsp3) is 0.700. The molecular weight excluding hydrogens is 198 g/mol. The molecule has 2 atom stereocenters. The molecule has 2 heterocycles. The predicted octanol–water partition coefficient (Wildman–Crippen LogP) is -0.118. The highest BCUT2D eigenvalue weighted by Crippen LogP contribution is 2.31. The normalized spacial score (nSPS) is 30.3. The molecule has 5 nitrogen and oxygen atoms in total. The van der Waals surface area contributed by atoms with Crippen molar-refractivity contribution < 1.29 is 19.1 Å². The SMILES string of the molecule is COC(=O)[C@@H]1CC[C@@H]2CC(=O)CC(=O)N21. The zero-order valence-electron chi connectivity index (χ0n) is 8.56. The lowest BCUT2D eigenvalue weighted by atomic mass is 10.0. The summed E-state index contributed by atoms with van der Waals surface area (Å²) < 4.78 is 4.64. The Kier molecular flexibility index (Phi) is 2.46. The lowest BCUT2D eigenvalue weighted by Crippen LogP contribution is -2.49. The Labute approximate surface area is 87.4 Å². The van der Waals surface area contributed by atoms with Gasteiger partial charge in [-0.15, -0.1) is 0 Å². The van der Waals surface area contributed by atoms with E-state index in [1.54, 1.807) is 0 Å². The highest BCUT2D eigenvalue weighted by atomic mass is 16.5. The van der Waals surface area contributed by atoms with E-state index in [2.05, 4.69) is 4.74 Å². The average molecular weight is 211 g/mol. The molecule has 0 spiro atoms. The van der Waals surface area contributed by atoms with Crippen LogP contribution in [0.3, 0.4) is 0 Å². The molecule has 5 heteroatoms. The van der Waals surface area contributed by atoms with Crippen LogP contribution in [0.2, 0.25) is 0 Å². The maximum absolute atomic E-state index is 11.6. The van der Waals surface area contributed by atoms with Gasteiger partial charge in [-0.25, -0.2) is 4.79 Å². The summed E-state index contributed by atoms with van der Waals surface area (Å²) in [6.07, 6.45) is 1.65. The molecule has 15 heavy (non-hydrogen) atoms. The van der Waals surface area contributed by atoms with E-state index in [9.17, 15) is 14.4 Å². The largest absolute Gasteiger partial charge is 0.467 e. The number of nitrogens with zero attached hydrogens (tertiary/aromatic N) is 1. The number of rotatable bonds is 1. The third-order valence-corrected chi connectivity index (χ3v) is 3.08. The van der Waals surface area contributed by atoms with E-state index in [1.165, 1.54) is 12.0 Å². The molecule has 0 saturated carbocycles. The first kappa shape index (κ1) is 10.1. The quantitative estimate of drug-likeness (QED) is 0.448. The van der Waals surface area contributed by atoms with Crippen molar-refractivity contribution in [3.05, 3.63) is 0 Å². The van der Waals surface area contributed by atoms with Crippen molar-refractivity contribution in [1.82, 2.24) is 4.90 Å². The van der Waals surface area contributed by atoms with E-state index in [0.717, 1.165) is 6.42 Å². The van der Waals surface area contributed by atoms with Crippen LogP contribution in [-0.4, -0.2) is 41.8 Å². The molecule has 0 unspecified atom stereocenters. The van der Waals surface area contributed by atoms with Crippen LogP contribution in [-0.2, 0) is 19.1 Å². The number of ketones is 1. The Hall–Kier alpha value is -1.39. The van der Waals surface area contributed by atoms with Crippen molar-refractivity contribution >= 4 is 17.7 Å². The summed E-state index contributed by atoms with van der Waals surface area (Å²) in [4.78, 5) is 35.7. The summed E-state index contributed by atoms with van der Waals surface area (Å²) in [7, 11) is 1.31. The summed E-state index contributed by atoms with van der Waals surface area (Å²) in [5.74, 6) is -0.629. The molecule has 0 radical (unpaired) electrons. The molecule has 2 saturated heterocycles. The van der Waals surface area contributed by atoms with Gasteiger partial charge in [0.15, 0.2) is 0 Å². The number of carbonyl (C=O) groups excluding carboxylic acids is 3. The van der Waals surface area contributed by atoms with Gasteiger partial charge in [-0.2, -0.15) is 0 Å². The van der Waals surface area contributed by atoms with Crippen LogP contribution < -0.4 is 0 Å². The number of fused-ring (bicyclic) bond motifs is 1. The van der Waals surface area contributed by atoms with E-state index >= 15 is 0 Å². The van der Waals surface area contributed by atoms with Gasteiger partial charge in [0, 0.05) is 12.5 Å². The highest BCUT2D eigenvalue weighted by molar-refractivity contribution is 6.02. The van der Waals surface area contributed by atoms with Crippen molar-refractivity contribution in [2.45, 2.75) is 37.8 Å². The third kappa shape index (κ3) is 1.62. The summed E-state index contributed by atoms with van der Waals surface area (Å²) in [6, 6.07) is -0.552. The van der Waals surface area contributed by atoms with Crippen LogP contribution in [0.5, 0.6) is 0 Å². The Balaban J connectivity index is 2.17. The smallest absolute Gasteiger partial charge is 0.328 e. The Bertz CT molecular complexity index is 325. The fourth-order valence-corrected chi connectivity index (χ4v) is 2.42. The van der Waals surface area contributed by atoms with Crippen molar-refractivity contribution in [2.75, 3.05) is 7.11 Å². The number of methoxy groups -OCH3 is 1. The number of ether oxygens (including phenoxy) is 1. The van der Waals surface area contributed by atoms with Crippen LogP contribution in [0, 0.1) is 0 Å². The average Bonchev–Trinajstić information content (AvgIpc) is 2.60. The predicted molar refractivity (Wildman–Crippen MR) is 49.9 cm³/mol. The first-order valence-electron chi connectivity index (χ1n) is 5.04. The fourth-order valence-electron chi connectivity index (χ4n) is 2.42. The van der Waals surface area contributed by atoms with Gasteiger partial charge in [-0.1, -0.05) is 0 Å². The second-order valence-electron chi connectivity index (χ2n) is 3.99. The molecule has 1 amide bonds. The topological polar surface area (TPSA) is 63.7 Å². The number of amides is 1. The van der Waals surface area contributed by atoms with Gasteiger partial charge in [0.25, 0.3) is 0 Å². The van der Waals surface area contributed by atoms with Gasteiger partial charge >= 0.3 is 5.97 Å².